The van der Waals surface area contributed by atoms with E-state index in [9.17, 15) is 0 Å². The van der Waals surface area contributed by atoms with Gasteiger partial charge in [0.1, 0.15) is 23.0 Å². The van der Waals surface area contributed by atoms with E-state index in [1.54, 1.807) is 34.7 Å². The van der Waals surface area contributed by atoms with E-state index in [-0.39, 0.29) is 0 Å². The Hall–Kier alpha value is -3.84. The summed E-state index contributed by atoms with van der Waals surface area (Å²) in [6, 6.07) is 21.4. The van der Waals surface area contributed by atoms with Crippen LogP contribution in [0.2, 0.25) is 0 Å². The highest BCUT2D eigenvalue weighted by atomic mass is 32.1. The summed E-state index contributed by atoms with van der Waals surface area (Å²) in [6.07, 6.45) is 1.75. The lowest BCUT2D eigenvalue weighted by Crippen LogP contribution is -1.92. The van der Waals surface area contributed by atoms with Crippen molar-refractivity contribution in [3.8, 4) is 44.7 Å². The van der Waals surface area contributed by atoms with Crippen LogP contribution in [0.5, 0.6) is 23.0 Å². The fourth-order valence-corrected chi connectivity index (χ4v) is 4.25. The summed E-state index contributed by atoms with van der Waals surface area (Å²) in [6.45, 7) is 0. The summed E-state index contributed by atoms with van der Waals surface area (Å²) in [7, 11) is 6.57. The van der Waals surface area contributed by atoms with Gasteiger partial charge in [0.15, 0.2) is 0 Å². The molecule has 1 heterocycles. The summed E-state index contributed by atoms with van der Waals surface area (Å²) in [5, 5.41) is 0.636. The molecule has 3 aromatic carbocycles. The van der Waals surface area contributed by atoms with Gasteiger partial charge in [0, 0.05) is 17.3 Å². The number of ether oxygens (including phenoxy) is 4. The van der Waals surface area contributed by atoms with Gasteiger partial charge >= 0.3 is 0 Å². The smallest absolute Gasteiger partial charge is 0.210 e. The molecule has 0 unspecified atom stereocenters. The Balaban J connectivity index is 1.76. The molecule has 0 N–H and O–H groups in total. The molecule has 1 aromatic heterocycles. The minimum Gasteiger partial charge on any atom is -0.497 e. The van der Waals surface area contributed by atoms with E-state index >= 15 is 0 Å². The summed E-state index contributed by atoms with van der Waals surface area (Å²) in [4.78, 5) is 10.5. The van der Waals surface area contributed by atoms with Crippen LogP contribution >= 0.6 is 11.3 Å². The van der Waals surface area contributed by atoms with Crippen molar-refractivity contribution in [2.75, 3.05) is 28.4 Å². The Labute approximate surface area is 197 Å². The van der Waals surface area contributed by atoms with E-state index in [0.29, 0.717) is 10.9 Å². The molecule has 33 heavy (non-hydrogen) atoms. The Bertz CT molecular complexity index is 1180. The third-order valence-electron chi connectivity index (χ3n) is 5.08. The van der Waals surface area contributed by atoms with Crippen molar-refractivity contribution in [1.82, 2.24) is 4.98 Å². The van der Waals surface area contributed by atoms with Gasteiger partial charge in [-0.25, -0.2) is 9.98 Å². The van der Waals surface area contributed by atoms with E-state index in [4.69, 9.17) is 23.9 Å². The SMILES string of the molecule is COc1ccc(-c2nc(N=Cc3cc(OC)ccc3OC)sc2-c2ccc(OC)cc2)cc1. The maximum Gasteiger partial charge on any atom is 0.210 e. The Morgan fingerprint density at radius 2 is 1.27 bits per heavy atom. The zero-order valence-corrected chi connectivity index (χ0v) is 19.7. The van der Waals surface area contributed by atoms with Crippen LogP contribution in [0.15, 0.2) is 71.7 Å². The molecule has 0 spiro atoms. The van der Waals surface area contributed by atoms with Crippen LogP contribution in [-0.4, -0.2) is 39.6 Å². The average molecular weight is 461 g/mol. The van der Waals surface area contributed by atoms with Crippen molar-refractivity contribution in [3.63, 3.8) is 0 Å². The predicted octanol–water partition coefficient (Wildman–Crippen LogP) is 6.26. The van der Waals surface area contributed by atoms with Gasteiger partial charge in [0.25, 0.3) is 0 Å². The molecule has 0 radical (unpaired) electrons. The highest BCUT2D eigenvalue weighted by Gasteiger charge is 2.15. The van der Waals surface area contributed by atoms with E-state index < -0.39 is 0 Å². The first-order valence-electron chi connectivity index (χ1n) is 10.2. The Morgan fingerprint density at radius 1 is 0.697 bits per heavy atom. The van der Waals surface area contributed by atoms with Crippen molar-refractivity contribution in [1.29, 1.82) is 0 Å². The van der Waals surface area contributed by atoms with Gasteiger partial charge in [0.2, 0.25) is 5.13 Å². The number of hydrogen-bond donors (Lipinski definition) is 0. The van der Waals surface area contributed by atoms with Gasteiger partial charge in [-0.05, 0) is 72.3 Å². The lowest BCUT2D eigenvalue weighted by Gasteiger charge is -2.06. The number of rotatable bonds is 8. The first-order chi connectivity index (χ1) is 16.1. The second-order valence-electron chi connectivity index (χ2n) is 7.00. The number of nitrogens with zero attached hydrogens (tertiary/aromatic N) is 2. The van der Waals surface area contributed by atoms with Gasteiger partial charge in [-0.15, -0.1) is 0 Å². The molecule has 0 amide bonds. The van der Waals surface area contributed by atoms with Crippen LogP contribution in [0.25, 0.3) is 21.7 Å². The molecule has 0 saturated carbocycles. The Kier molecular flexibility index (Phi) is 6.90. The van der Waals surface area contributed by atoms with Crippen LogP contribution in [0.1, 0.15) is 5.56 Å². The largest absolute Gasteiger partial charge is 0.497 e. The number of hydrogen-bond acceptors (Lipinski definition) is 7. The third kappa shape index (κ3) is 4.99. The normalized spacial score (nSPS) is 10.9. The molecular formula is C26H24N2O4S. The van der Waals surface area contributed by atoms with Crippen LogP contribution in [0.4, 0.5) is 5.13 Å². The van der Waals surface area contributed by atoms with Gasteiger partial charge in [-0.1, -0.05) is 11.3 Å². The number of aliphatic imine (C=N–C) groups is 1. The minimum atomic E-state index is 0.636. The summed E-state index contributed by atoms with van der Waals surface area (Å²) in [5.74, 6) is 3.04. The average Bonchev–Trinajstić information content (AvgIpc) is 3.31. The third-order valence-corrected chi connectivity index (χ3v) is 6.09. The van der Waals surface area contributed by atoms with E-state index in [1.165, 1.54) is 11.3 Å². The van der Waals surface area contributed by atoms with E-state index in [0.717, 1.165) is 44.5 Å². The van der Waals surface area contributed by atoms with Gasteiger partial charge in [-0.3, -0.25) is 0 Å². The standard InChI is InChI=1S/C26H24N2O4S/c1-29-20-9-5-17(6-10-20)24-25(18-7-11-21(30-2)12-8-18)33-26(28-24)27-16-19-15-22(31-3)13-14-23(19)32-4/h5-16H,1-4H3. The van der Waals surface area contributed by atoms with Crippen molar-refractivity contribution in [2.24, 2.45) is 4.99 Å². The fraction of sp³-hybridized carbons (Fsp3) is 0.154. The summed E-state index contributed by atoms with van der Waals surface area (Å²) < 4.78 is 21.4. The first-order valence-corrected chi connectivity index (χ1v) is 11.0. The molecule has 4 aromatic rings. The molecule has 0 aliphatic carbocycles. The van der Waals surface area contributed by atoms with Gasteiger partial charge in [-0.2, -0.15) is 0 Å². The lowest BCUT2D eigenvalue weighted by molar-refractivity contribution is 0.402. The molecular weight excluding hydrogens is 436 g/mol. The first kappa shape index (κ1) is 22.4. The molecule has 0 saturated heterocycles. The van der Waals surface area contributed by atoms with Crippen LogP contribution < -0.4 is 18.9 Å². The minimum absolute atomic E-state index is 0.636. The molecule has 7 heteroatoms. The number of benzene rings is 3. The zero-order valence-electron chi connectivity index (χ0n) is 18.9. The molecule has 0 atom stereocenters. The van der Waals surface area contributed by atoms with Gasteiger partial charge < -0.3 is 18.9 Å². The van der Waals surface area contributed by atoms with Crippen molar-refractivity contribution < 1.29 is 18.9 Å². The topological polar surface area (TPSA) is 62.2 Å². The molecule has 0 aliphatic heterocycles. The van der Waals surface area contributed by atoms with Crippen LogP contribution in [0, 0.1) is 0 Å². The number of methoxy groups -OCH3 is 4. The maximum absolute atomic E-state index is 5.46. The quantitative estimate of drug-likeness (QED) is 0.290. The van der Waals surface area contributed by atoms with E-state index in [2.05, 4.69) is 4.99 Å². The number of thiazole rings is 1. The highest BCUT2D eigenvalue weighted by Crippen LogP contribution is 2.41. The second-order valence-corrected chi connectivity index (χ2v) is 7.97. The molecule has 0 aliphatic rings. The number of aromatic nitrogens is 1. The maximum atomic E-state index is 5.46. The predicted molar refractivity (Wildman–Crippen MR) is 133 cm³/mol. The highest BCUT2D eigenvalue weighted by molar-refractivity contribution is 7.19. The summed E-state index contributed by atoms with van der Waals surface area (Å²) >= 11 is 1.52. The van der Waals surface area contributed by atoms with Crippen molar-refractivity contribution in [2.45, 2.75) is 0 Å². The fourth-order valence-electron chi connectivity index (χ4n) is 3.31. The monoisotopic (exact) mass is 460 g/mol. The molecule has 0 bridgehead atoms. The summed E-state index contributed by atoms with van der Waals surface area (Å²) in [5.41, 5.74) is 3.69. The molecule has 168 valence electrons. The van der Waals surface area contributed by atoms with Crippen molar-refractivity contribution >= 4 is 22.7 Å². The molecule has 6 nitrogen and oxygen atoms in total. The molecule has 0 fully saturated rings. The van der Waals surface area contributed by atoms with Crippen LogP contribution in [0.3, 0.4) is 0 Å². The molecule has 4 rings (SSSR count). The second kappa shape index (κ2) is 10.2. The Morgan fingerprint density at radius 3 is 1.85 bits per heavy atom. The van der Waals surface area contributed by atoms with E-state index in [1.807, 2.05) is 66.7 Å². The van der Waals surface area contributed by atoms with Gasteiger partial charge in [0.05, 0.1) is 39.0 Å². The zero-order chi connectivity index (χ0) is 23.2. The lowest BCUT2D eigenvalue weighted by atomic mass is 10.1. The van der Waals surface area contributed by atoms with Crippen LogP contribution in [-0.2, 0) is 0 Å². The van der Waals surface area contributed by atoms with Crippen molar-refractivity contribution in [3.05, 3.63) is 72.3 Å².